The monoisotopic (exact) mass is 391 g/mol. The standard InChI is InChI=1S/C21H37N5S/c1-15(2)20-16(3)27-19(25-20)14-23-21(22-4)24-17-10-12-26(13-11-17)18-8-6-5-7-9-18/h15,17-18H,5-14H2,1-4H3,(H2,22,23,24). The molecule has 0 atom stereocenters. The third-order valence-corrected chi connectivity index (χ3v) is 7.00. The first-order valence-electron chi connectivity index (χ1n) is 10.7. The molecule has 2 N–H and O–H groups in total. The summed E-state index contributed by atoms with van der Waals surface area (Å²) < 4.78 is 0. The summed E-state index contributed by atoms with van der Waals surface area (Å²) in [6.45, 7) is 9.78. The van der Waals surface area contributed by atoms with Gasteiger partial charge in [0.25, 0.3) is 0 Å². The van der Waals surface area contributed by atoms with Gasteiger partial charge < -0.3 is 15.5 Å². The molecule has 1 saturated carbocycles. The van der Waals surface area contributed by atoms with Gasteiger partial charge in [-0.05, 0) is 38.5 Å². The van der Waals surface area contributed by atoms with Gasteiger partial charge in [-0.1, -0.05) is 33.1 Å². The number of aromatic nitrogens is 1. The van der Waals surface area contributed by atoms with E-state index >= 15 is 0 Å². The summed E-state index contributed by atoms with van der Waals surface area (Å²) in [5.74, 6) is 1.40. The van der Waals surface area contributed by atoms with E-state index in [0.29, 0.717) is 12.0 Å². The van der Waals surface area contributed by atoms with Crippen molar-refractivity contribution < 1.29 is 0 Å². The van der Waals surface area contributed by atoms with Crippen molar-refractivity contribution in [2.24, 2.45) is 4.99 Å². The number of aryl methyl sites for hydroxylation is 1. The normalized spacial score (nSPS) is 21.0. The number of nitrogens with zero attached hydrogens (tertiary/aromatic N) is 3. The second kappa shape index (κ2) is 9.87. The molecule has 0 amide bonds. The number of piperidine rings is 1. The van der Waals surface area contributed by atoms with Gasteiger partial charge in [0, 0.05) is 37.1 Å². The maximum absolute atomic E-state index is 4.79. The van der Waals surface area contributed by atoms with Crippen LogP contribution in [0.3, 0.4) is 0 Å². The van der Waals surface area contributed by atoms with Crippen LogP contribution in [0.1, 0.15) is 80.3 Å². The molecular formula is C21H37N5S. The summed E-state index contributed by atoms with van der Waals surface area (Å²) in [6.07, 6.45) is 9.53. The van der Waals surface area contributed by atoms with Crippen molar-refractivity contribution in [1.29, 1.82) is 0 Å². The first-order valence-corrected chi connectivity index (χ1v) is 11.6. The second-order valence-electron chi connectivity index (χ2n) is 8.38. The van der Waals surface area contributed by atoms with Gasteiger partial charge in [-0.15, -0.1) is 11.3 Å². The molecule has 0 bridgehead atoms. The molecule has 27 heavy (non-hydrogen) atoms. The minimum atomic E-state index is 0.488. The van der Waals surface area contributed by atoms with Gasteiger partial charge in [-0.25, -0.2) is 4.98 Å². The van der Waals surface area contributed by atoms with Crippen LogP contribution in [0, 0.1) is 6.92 Å². The number of aliphatic imine (C=N–C) groups is 1. The Morgan fingerprint density at radius 1 is 1.19 bits per heavy atom. The fourth-order valence-electron chi connectivity index (χ4n) is 4.48. The van der Waals surface area contributed by atoms with Gasteiger partial charge in [-0.2, -0.15) is 0 Å². The van der Waals surface area contributed by atoms with E-state index in [1.807, 2.05) is 7.05 Å². The van der Waals surface area contributed by atoms with Gasteiger partial charge >= 0.3 is 0 Å². The fraction of sp³-hybridized carbons (Fsp3) is 0.810. The molecular weight excluding hydrogens is 354 g/mol. The van der Waals surface area contributed by atoms with Crippen LogP contribution in [0.5, 0.6) is 0 Å². The third kappa shape index (κ3) is 5.67. The Hall–Kier alpha value is -1.14. The zero-order valence-electron chi connectivity index (χ0n) is 17.6. The quantitative estimate of drug-likeness (QED) is 0.588. The van der Waals surface area contributed by atoms with Crippen molar-refractivity contribution in [3.8, 4) is 0 Å². The van der Waals surface area contributed by atoms with Gasteiger partial charge in [0.15, 0.2) is 5.96 Å². The molecule has 0 aromatic carbocycles. The lowest BCUT2D eigenvalue weighted by Gasteiger charge is -2.39. The lowest BCUT2D eigenvalue weighted by Crippen LogP contribution is -2.50. The van der Waals surface area contributed by atoms with E-state index in [-0.39, 0.29) is 0 Å². The summed E-state index contributed by atoms with van der Waals surface area (Å²) in [7, 11) is 1.86. The van der Waals surface area contributed by atoms with E-state index in [2.05, 4.69) is 41.3 Å². The number of rotatable bonds is 5. The molecule has 1 aliphatic heterocycles. The molecule has 5 nitrogen and oxygen atoms in total. The SMILES string of the molecule is CN=C(NCc1nc(C(C)C)c(C)s1)NC1CCN(C2CCCCC2)CC1. The number of hydrogen-bond acceptors (Lipinski definition) is 4. The molecule has 0 unspecified atom stereocenters. The Morgan fingerprint density at radius 2 is 1.89 bits per heavy atom. The molecule has 152 valence electrons. The van der Waals surface area contributed by atoms with Crippen LogP contribution in [0.25, 0.3) is 0 Å². The highest BCUT2D eigenvalue weighted by molar-refractivity contribution is 7.11. The molecule has 3 rings (SSSR count). The van der Waals surface area contributed by atoms with E-state index in [4.69, 9.17) is 4.98 Å². The zero-order valence-corrected chi connectivity index (χ0v) is 18.4. The van der Waals surface area contributed by atoms with Crippen LogP contribution in [0.15, 0.2) is 4.99 Å². The largest absolute Gasteiger partial charge is 0.354 e. The maximum atomic E-state index is 4.79. The summed E-state index contributed by atoms with van der Waals surface area (Å²) in [6, 6.07) is 1.38. The van der Waals surface area contributed by atoms with Crippen LogP contribution < -0.4 is 10.6 Å². The van der Waals surface area contributed by atoms with Crippen molar-refractivity contribution in [3.63, 3.8) is 0 Å². The van der Waals surface area contributed by atoms with Crippen molar-refractivity contribution in [2.45, 2.75) is 90.3 Å². The number of likely N-dealkylation sites (tertiary alicyclic amines) is 1. The van der Waals surface area contributed by atoms with E-state index in [0.717, 1.165) is 23.6 Å². The molecule has 1 saturated heterocycles. The number of guanidine groups is 1. The molecule has 2 fully saturated rings. The van der Waals surface area contributed by atoms with Gasteiger partial charge in [-0.3, -0.25) is 4.99 Å². The lowest BCUT2D eigenvalue weighted by atomic mass is 9.92. The van der Waals surface area contributed by atoms with Gasteiger partial charge in [0.05, 0.1) is 12.2 Å². The summed E-state index contributed by atoms with van der Waals surface area (Å²) in [5.41, 5.74) is 1.23. The molecule has 2 aliphatic rings. The summed E-state index contributed by atoms with van der Waals surface area (Å²) in [4.78, 5) is 13.3. The van der Waals surface area contributed by atoms with E-state index in [9.17, 15) is 0 Å². The van der Waals surface area contributed by atoms with Crippen LogP contribution in [-0.4, -0.2) is 48.1 Å². The zero-order chi connectivity index (χ0) is 19.2. The van der Waals surface area contributed by atoms with Crippen molar-refractivity contribution in [3.05, 3.63) is 15.6 Å². The predicted molar refractivity (Wildman–Crippen MR) is 116 cm³/mol. The van der Waals surface area contributed by atoms with Gasteiger partial charge in [0.2, 0.25) is 0 Å². The highest BCUT2D eigenvalue weighted by atomic mass is 32.1. The van der Waals surface area contributed by atoms with Crippen molar-refractivity contribution in [2.75, 3.05) is 20.1 Å². The minimum absolute atomic E-state index is 0.488. The van der Waals surface area contributed by atoms with E-state index in [1.165, 1.54) is 68.6 Å². The number of nitrogens with one attached hydrogen (secondary N) is 2. The second-order valence-corrected chi connectivity index (χ2v) is 9.66. The van der Waals surface area contributed by atoms with E-state index < -0.39 is 0 Å². The molecule has 6 heteroatoms. The summed E-state index contributed by atoms with van der Waals surface area (Å²) >= 11 is 1.79. The molecule has 2 heterocycles. The van der Waals surface area contributed by atoms with Crippen LogP contribution in [-0.2, 0) is 6.54 Å². The molecule has 1 aromatic heterocycles. The highest BCUT2D eigenvalue weighted by Crippen LogP contribution is 2.26. The lowest BCUT2D eigenvalue weighted by molar-refractivity contribution is 0.119. The Balaban J connectivity index is 1.43. The van der Waals surface area contributed by atoms with Crippen molar-refractivity contribution in [1.82, 2.24) is 20.5 Å². The third-order valence-electron chi connectivity index (χ3n) is 6.02. The number of thiazole rings is 1. The Bertz CT molecular complexity index is 610. The van der Waals surface area contributed by atoms with E-state index in [1.54, 1.807) is 11.3 Å². The van der Waals surface area contributed by atoms with Gasteiger partial charge in [0.1, 0.15) is 5.01 Å². The first-order chi connectivity index (χ1) is 13.1. The molecule has 1 aromatic rings. The predicted octanol–water partition coefficient (Wildman–Crippen LogP) is 4.04. The van der Waals surface area contributed by atoms with Crippen LogP contribution in [0.4, 0.5) is 0 Å². The average molecular weight is 392 g/mol. The average Bonchev–Trinajstić information content (AvgIpc) is 3.07. The van der Waals surface area contributed by atoms with Crippen molar-refractivity contribution >= 4 is 17.3 Å². The smallest absolute Gasteiger partial charge is 0.191 e. The number of hydrogen-bond donors (Lipinski definition) is 2. The van der Waals surface area contributed by atoms with Crippen LogP contribution >= 0.6 is 11.3 Å². The maximum Gasteiger partial charge on any atom is 0.191 e. The Morgan fingerprint density at radius 3 is 2.48 bits per heavy atom. The fourth-order valence-corrected chi connectivity index (χ4v) is 5.51. The van der Waals surface area contributed by atoms with Crippen LogP contribution in [0.2, 0.25) is 0 Å². The first kappa shape index (κ1) is 20.6. The topological polar surface area (TPSA) is 52.6 Å². The molecule has 1 aliphatic carbocycles. The molecule has 0 radical (unpaired) electrons. The Labute approximate surface area is 169 Å². The summed E-state index contributed by atoms with van der Waals surface area (Å²) in [5, 5.41) is 8.24. The molecule has 0 spiro atoms. The Kier molecular flexibility index (Phi) is 7.53. The highest BCUT2D eigenvalue weighted by Gasteiger charge is 2.26. The minimum Gasteiger partial charge on any atom is -0.354 e.